The Balaban J connectivity index is 0.00000208. The topological polar surface area (TPSA) is 76.5 Å². The Morgan fingerprint density at radius 1 is 1.33 bits per heavy atom. The van der Waals surface area contributed by atoms with Crippen molar-refractivity contribution in [2.75, 3.05) is 13.1 Å². The Morgan fingerprint density at radius 2 is 2.00 bits per heavy atom. The molecule has 1 aromatic heterocycles. The van der Waals surface area contributed by atoms with Crippen molar-refractivity contribution in [2.24, 2.45) is 11.1 Å². The van der Waals surface area contributed by atoms with Gasteiger partial charge < -0.3 is 15.1 Å². The molecule has 6 heteroatoms. The maximum absolute atomic E-state index is 12.9. The molecule has 0 spiro atoms. The van der Waals surface area contributed by atoms with E-state index >= 15 is 0 Å². The molecule has 2 N–H and O–H groups in total. The number of nitrogens with zero attached hydrogens (tertiary/aromatic N) is 1. The second-order valence-corrected chi connectivity index (χ2v) is 7.00. The van der Waals surface area contributed by atoms with Crippen molar-refractivity contribution in [3.63, 3.8) is 0 Å². The first kappa shape index (κ1) is 18.5. The van der Waals surface area contributed by atoms with E-state index in [0.29, 0.717) is 24.2 Å². The van der Waals surface area contributed by atoms with Gasteiger partial charge in [0.05, 0.1) is 0 Å². The fourth-order valence-electron chi connectivity index (χ4n) is 3.26. The molecule has 2 heterocycles. The number of carbonyl (C=O) groups is 1. The van der Waals surface area contributed by atoms with Gasteiger partial charge in [0.1, 0.15) is 11.1 Å². The van der Waals surface area contributed by atoms with Crippen molar-refractivity contribution in [3.05, 3.63) is 45.8 Å². The van der Waals surface area contributed by atoms with E-state index in [1.54, 1.807) is 24.0 Å². The van der Waals surface area contributed by atoms with Gasteiger partial charge in [-0.25, -0.2) is 4.79 Å². The molecule has 1 amide bonds. The smallest absolute Gasteiger partial charge is 0.349 e. The van der Waals surface area contributed by atoms with Crippen LogP contribution in [-0.2, 0) is 0 Å². The molecule has 1 aliphatic heterocycles. The zero-order chi connectivity index (χ0) is 16.8. The average molecular weight is 351 g/mol. The first-order chi connectivity index (χ1) is 10.8. The highest BCUT2D eigenvalue weighted by Crippen LogP contribution is 2.29. The predicted molar refractivity (Wildman–Crippen MR) is 96.7 cm³/mol. The minimum absolute atomic E-state index is 0. The molecule has 1 aliphatic rings. The van der Waals surface area contributed by atoms with Crippen LogP contribution in [0.4, 0.5) is 0 Å². The summed E-state index contributed by atoms with van der Waals surface area (Å²) in [6.45, 7) is 7.00. The van der Waals surface area contributed by atoms with E-state index < -0.39 is 5.63 Å². The first-order valence-corrected chi connectivity index (χ1v) is 7.88. The van der Waals surface area contributed by atoms with Crippen LogP contribution in [-0.4, -0.2) is 29.9 Å². The van der Waals surface area contributed by atoms with E-state index in [4.69, 9.17) is 10.2 Å². The number of halogens is 1. The summed E-state index contributed by atoms with van der Waals surface area (Å²) in [7, 11) is 0. The lowest BCUT2D eigenvalue weighted by molar-refractivity contribution is 0.0528. The largest absolute Gasteiger partial charge is 0.422 e. The number of hydrogen-bond acceptors (Lipinski definition) is 4. The average Bonchev–Trinajstić information content (AvgIpc) is 2.49. The summed E-state index contributed by atoms with van der Waals surface area (Å²) in [6.07, 6.45) is 0.733. The molecule has 0 radical (unpaired) electrons. The maximum atomic E-state index is 12.9. The van der Waals surface area contributed by atoms with Crippen LogP contribution in [0.25, 0.3) is 11.0 Å². The summed E-state index contributed by atoms with van der Waals surface area (Å²) in [4.78, 5) is 26.9. The molecule has 0 bridgehead atoms. The van der Waals surface area contributed by atoms with Gasteiger partial charge in [-0.05, 0) is 30.4 Å². The Morgan fingerprint density at radius 3 is 2.67 bits per heavy atom. The highest BCUT2D eigenvalue weighted by molar-refractivity contribution is 5.99. The summed E-state index contributed by atoms with van der Waals surface area (Å²) in [6, 6.07) is 7.33. The summed E-state index contributed by atoms with van der Waals surface area (Å²) in [5.74, 6) is -0.262. The second-order valence-electron chi connectivity index (χ2n) is 7.00. The minimum Gasteiger partial charge on any atom is -0.422 e. The molecule has 1 atom stereocenters. The van der Waals surface area contributed by atoms with E-state index in [2.05, 4.69) is 0 Å². The van der Waals surface area contributed by atoms with Crippen LogP contribution in [0, 0.1) is 12.3 Å². The highest BCUT2D eigenvalue weighted by Gasteiger charge is 2.36. The van der Waals surface area contributed by atoms with E-state index in [0.717, 1.165) is 11.8 Å². The third kappa shape index (κ3) is 3.06. The van der Waals surface area contributed by atoms with Crippen molar-refractivity contribution >= 4 is 29.3 Å². The number of nitrogens with two attached hydrogens (primary N) is 1. The molecule has 1 unspecified atom stereocenters. The molecule has 1 saturated heterocycles. The standard InChI is InChI=1S/C18H22N2O3.ClH/c1-11-12-6-4-5-7-13(12)23-17(22)15(11)16(21)20-9-8-14(19)18(2,3)10-20;/h4-7,14H,8-10,19H2,1-3H3;1H. The van der Waals surface area contributed by atoms with E-state index in [1.807, 2.05) is 26.0 Å². The molecule has 130 valence electrons. The SMILES string of the molecule is Cc1c(C(=O)N2CCC(N)C(C)(C)C2)c(=O)oc2ccccc12.Cl. The van der Waals surface area contributed by atoms with Gasteiger partial charge in [-0.3, -0.25) is 4.79 Å². The zero-order valence-corrected chi connectivity index (χ0v) is 15.0. The van der Waals surface area contributed by atoms with Crippen molar-refractivity contribution in [1.29, 1.82) is 0 Å². The van der Waals surface area contributed by atoms with Crippen LogP contribution in [0.15, 0.2) is 33.5 Å². The van der Waals surface area contributed by atoms with Crippen LogP contribution in [0.2, 0.25) is 0 Å². The molecule has 2 aromatic rings. The van der Waals surface area contributed by atoms with E-state index in [1.165, 1.54) is 0 Å². The number of aryl methyl sites for hydroxylation is 1. The predicted octanol–water partition coefficient (Wildman–Crippen LogP) is 2.72. The Kier molecular flexibility index (Phi) is 5.06. The fraction of sp³-hybridized carbons (Fsp3) is 0.444. The van der Waals surface area contributed by atoms with Gasteiger partial charge in [-0.2, -0.15) is 0 Å². The summed E-state index contributed by atoms with van der Waals surface area (Å²) in [5.41, 5.74) is 6.71. The molecule has 5 nitrogen and oxygen atoms in total. The molecule has 1 fully saturated rings. The quantitative estimate of drug-likeness (QED) is 0.802. The maximum Gasteiger partial charge on any atom is 0.349 e. The van der Waals surface area contributed by atoms with Crippen LogP contribution in [0.1, 0.15) is 36.2 Å². The molecular weight excluding hydrogens is 328 g/mol. The molecule has 3 rings (SSSR count). The number of rotatable bonds is 1. The van der Waals surface area contributed by atoms with Gasteiger partial charge in [0.15, 0.2) is 0 Å². The van der Waals surface area contributed by atoms with Crippen molar-refractivity contribution < 1.29 is 9.21 Å². The van der Waals surface area contributed by atoms with Crippen LogP contribution in [0.3, 0.4) is 0 Å². The highest BCUT2D eigenvalue weighted by atomic mass is 35.5. The second kappa shape index (κ2) is 6.57. The van der Waals surface area contributed by atoms with Crippen LogP contribution < -0.4 is 11.4 Å². The van der Waals surface area contributed by atoms with Gasteiger partial charge in [0, 0.05) is 24.5 Å². The van der Waals surface area contributed by atoms with E-state index in [9.17, 15) is 9.59 Å². The lowest BCUT2D eigenvalue weighted by Crippen LogP contribution is -2.54. The summed E-state index contributed by atoms with van der Waals surface area (Å²) >= 11 is 0. The Bertz CT molecular complexity index is 829. The van der Waals surface area contributed by atoms with Crippen molar-refractivity contribution in [3.8, 4) is 0 Å². The zero-order valence-electron chi connectivity index (χ0n) is 14.2. The number of piperidine rings is 1. The van der Waals surface area contributed by atoms with Crippen LogP contribution >= 0.6 is 12.4 Å². The van der Waals surface area contributed by atoms with Gasteiger partial charge in [0.2, 0.25) is 0 Å². The van der Waals surface area contributed by atoms with Crippen molar-refractivity contribution in [1.82, 2.24) is 4.90 Å². The monoisotopic (exact) mass is 350 g/mol. The number of fused-ring (bicyclic) bond motifs is 1. The van der Waals surface area contributed by atoms with E-state index in [-0.39, 0.29) is 35.3 Å². The number of para-hydroxylation sites is 1. The number of hydrogen-bond donors (Lipinski definition) is 1. The lowest BCUT2D eigenvalue weighted by atomic mass is 9.79. The summed E-state index contributed by atoms with van der Waals surface area (Å²) < 4.78 is 5.33. The minimum atomic E-state index is -0.570. The van der Waals surface area contributed by atoms with Crippen LogP contribution in [0.5, 0.6) is 0 Å². The Hall–Kier alpha value is -1.85. The normalized spacial score (nSPS) is 19.8. The lowest BCUT2D eigenvalue weighted by Gasteiger charge is -2.42. The number of carbonyl (C=O) groups excluding carboxylic acids is 1. The molecule has 24 heavy (non-hydrogen) atoms. The third-order valence-corrected chi connectivity index (χ3v) is 4.89. The molecule has 0 aliphatic carbocycles. The van der Waals surface area contributed by atoms with Gasteiger partial charge in [-0.15, -0.1) is 12.4 Å². The number of amides is 1. The fourth-order valence-corrected chi connectivity index (χ4v) is 3.26. The van der Waals surface area contributed by atoms with Crippen molar-refractivity contribution in [2.45, 2.75) is 33.2 Å². The Labute approximate surface area is 147 Å². The molecule has 1 aromatic carbocycles. The molecular formula is C18H23ClN2O3. The summed E-state index contributed by atoms with van der Waals surface area (Å²) in [5, 5.41) is 0.795. The number of likely N-dealkylation sites (tertiary alicyclic amines) is 1. The van der Waals surface area contributed by atoms with Gasteiger partial charge in [-0.1, -0.05) is 32.0 Å². The third-order valence-electron chi connectivity index (χ3n) is 4.89. The van der Waals surface area contributed by atoms with Gasteiger partial charge >= 0.3 is 5.63 Å². The first-order valence-electron chi connectivity index (χ1n) is 7.88. The number of benzene rings is 1. The molecule has 0 saturated carbocycles. The van der Waals surface area contributed by atoms with Gasteiger partial charge in [0.25, 0.3) is 5.91 Å².